The van der Waals surface area contributed by atoms with E-state index in [-0.39, 0.29) is 22.7 Å². The van der Waals surface area contributed by atoms with E-state index in [2.05, 4.69) is 5.32 Å². The lowest BCUT2D eigenvalue weighted by Crippen LogP contribution is -2.26. The standard InChI is InChI=1S/C15H24FNO2S/c1-12(2)20(18,19)9-8-13(11-17-3)10-14-6-4-5-7-15(14)16/h4-7,12-13,17H,8-11H2,1-3H3. The Hall–Kier alpha value is -0.940. The Morgan fingerprint density at radius 2 is 1.90 bits per heavy atom. The third-order valence-electron chi connectivity index (χ3n) is 3.49. The van der Waals surface area contributed by atoms with Gasteiger partial charge in [-0.15, -0.1) is 0 Å². The van der Waals surface area contributed by atoms with Crippen LogP contribution in [0.3, 0.4) is 0 Å². The van der Waals surface area contributed by atoms with E-state index in [1.807, 2.05) is 7.05 Å². The van der Waals surface area contributed by atoms with Gasteiger partial charge in [-0.3, -0.25) is 0 Å². The highest BCUT2D eigenvalue weighted by molar-refractivity contribution is 7.91. The normalized spacial score (nSPS) is 13.7. The number of hydrogen-bond donors (Lipinski definition) is 1. The molecule has 0 bridgehead atoms. The number of nitrogens with one attached hydrogen (secondary N) is 1. The van der Waals surface area contributed by atoms with Crippen molar-refractivity contribution in [2.24, 2.45) is 5.92 Å². The van der Waals surface area contributed by atoms with Crippen molar-refractivity contribution in [3.8, 4) is 0 Å². The van der Waals surface area contributed by atoms with Crippen molar-refractivity contribution in [1.29, 1.82) is 0 Å². The predicted octanol–water partition coefficient (Wildman–Crippen LogP) is 2.42. The summed E-state index contributed by atoms with van der Waals surface area (Å²) >= 11 is 0. The van der Waals surface area contributed by atoms with Crippen molar-refractivity contribution in [3.63, 3.8) is 0 Å². The second-order valence-corrected chi connectivity index (χ2v) is 8.10. The molecule has 0 saturated carbocycles. The van der Waals surface area contributed by atoms with Gasteiger partial charge in [0.2, 0.25) is 0 Å². The second-order valence-electron chi connectivity index (χ2n) is 5.42. The third-order valence-corrected chi connectivity index (χ3v) is 5.73. The summed E-state index contributed by atoms with van der Waals surface area (Å²) in [4.78, 5) is 0. The molecule has 20 heavy (non-hydrogen) atoms. The van der Waals surface area contributed by atoms with Crippen LogP contribution in [0.4, 0.5) is 4.39 Å². The van der Waals surface area contributed by atoms with Crippen molar-refractivity contribution in [1.82, 2.24) is 5.32 Å². The third kappa shape index (κ3) is 5.21. The van der Waals surface area contributed by atoms with Gasteiger partial charge in [-0.2, -0.15) is 0 Å². The molecule has 5 heteroatoms. The first-order chi connectivity index (χ1) is 9.36. The van der Waals surface area contributed by atoms with Crippen LogP contribution in [0.1, 0.15) is 25.8 Å². The molecule has 0 heterocycles. The van der Waals surface area contributed by atoms with Gasteiger partial charge in [0.05, 0.1) is 11.0 Å². The first-order valence-electron chi connectivity index (χ1n) is 6.96. The topological polar surface area (TPSA) is 46.2 Å². The Kier molecular flexibility index (Phi) is 6.62. The first-order valence-corrected chi connectivity index (χ1v) is 8.68. The molecule has 0 radical (unpaired) electrons. The smallest absolute Gasteiger partial charge is 0.152 e. The number of hydrogen-bond acceptors (Lipinski definition) is 3. The SMILES string of the molecule is CNCC(CCS(=O)(=O)C(C)C)Cc1ccccc1F. The molecule has 0 fully saturated rings. The molecule has 1 N–H and O–H groups in total. The highest BCUT2D eigenvalue weighted by atomic mass is 32.2. The zero-order valence-corrected chi connectivity index (χ0v) is 13.2. The zero-order valence-electron chi connectivity index (χ0n) is 12.4. The zero-order chi connectivity index (χ0) is 15.2. The summed E-state index contributed by atoms with van der Waals surface area (Å²) in [6, 6.07) is 6.67. The van der Waals surface area contributed by atoms with Crippen LogP contribution in [0.15, 0.2) is 24.3 Å². The van der Waals surface area contributed by atoms with Crippen LogP contribution in [0, 0.1) is 11.7 Å². The van der Waals surface area contributed by atoms with E-state index in [9.17, 15) is 12.8 Å². The summed E-state index contributed by atoms with van der Waals surface area (Å²) in [5, 5.41) is 2.70. The van der Waals surface area contributed by atoms with Crippen LogP contribution in [0.25, 0.3) is 0 Å². The first kappa shape index (κ1) is 17.1. The molecule has 0 aliphatic rings. The molecule has 0 aliphatic carbocycles. The summed E-state index contributed by atoms with van der Waals surface area (Å²) in [7, 11) is -1.21. The molecule has 0 aliphatic heterocycles. The molecule has 1 rings (SSSR count). The quantitative estimate of drug-likeness (QED) is 0.802. The van der Waals surface area contributed by atoms with Crippen molar-refractivity contribution >= 4 is 9.84 Å². The lowest BCUT2D eigenvalue weighted by Gasteiger charge is -2.18. The van der Waals surface area contributed by atoms with E-state index < -0.39 is 9.84 Å². The minimum Gasteiger partial charge on any atom is -0.319 e. The van der Waals surface area contributed by atoms with Crippen LogP contribution in [0.2, 0.25) is 0 Å². The van der Waals surface area contributed by atoms with Gasteiger partial charge in [0.1, 0.15) is 5.82 Å². The summed E-state index contributed by atoms with van der Waals surface area (Å²) in [6.45, 7) is 4.07. The monoisotopic (exact) mass is 301 g/mol. The van der Waals surface area contributed by atoms with E-state index in [0.29, 0.717) is 24.9 Å². The largest absolute Gasteiger partial charge is 0.319 e. The van der Waals surface area contributed by atoms with E-state index in [0.717, 1.165) is 0 Å². The van der Waals surface area contributed by atoms with Gasteiger partial charge in [-0.1, -0.05) is 18.2 Å². The van der Waals surface area contributed by atoms with Crippen molar-refractivity contribution in [2.45, 2.75) is 31.9 Å². The maximum Gasteiger partial charge on any atom is 0.152 e. The molecule has 1 aromatic carbocycles. The molecule has 3 nitrogen and oxygen atoms in total. The van der Waals surface area contributed by atoms with Gasteiger partial charge in [-0.25, -0.2) is 12.8 Å². The fourth-order valence-corrected chi connectivity index (χ4v) is 3.24. The minimum absolute atomic E-state index is 0.116. The van der Waals surface area contributed by atoms with Gasteiger partial charge in [0, 0.05) is 0 Å². The molecule has 1 unspecified atom stereocenters. The lowest BCUT2D eigenvalue weighted by molar-refractivity contribution is 0.466. The molecule has 0 aromatic heterocycles. The average Bonchev–Trinajstić information content (AvgIpc) is 2.38. The molecule has 0 saturated heterocycles. The number of benzene rings is 1. The van der Waals surface area contributed by atoms with Gasteiger partial charge < -0.3 is 5.32 Å². The Bertz CT molecular complexity index is 514. The number of sulfone groups is 1. The lowest BCUT2D eigenvalue weighted by atomic mass is 9.96. The molecule has 0 spiro atoms. The van der Waals surface area contributed by atoms with E-state index in [1.54, 1.807) is 32.0 Å². The van der Waals surface area contributed by atoms with Crippen LogP contribution in [0.5, 0.6) is 0 Å². The van der Waals surface area contributed by atoms with Gasteiger partial charge in [0.25, 0.3) is 0 Å². The maximum absolute atomic E-state index is 13.7. The van der Waals surface area contributed by atoms with Crippen molar-refractivity contribution in [3.05, 3.63) is 35.6 Å². The Balaban J connectivity index is 2.68. The average molecular weight is 301 g/mol. The number of rotatable bonds is 8. The fourth-order valence-electron chi connectivity index (χ4n) is 2.11. The van der Waals surface area contributed by atoms with Gasteiger partial charge in [0.15, 0.2) is 9.84 Å². The molecule has 0 amide bonds. The van der Waals surface area contributed by atoms with Crippen molar-refractivity contribution in [2.75, 3.05) is 19.3 Å². The van der Waals surface area contributed by atoms with E-state index >= 15 is 0 Å². The van der Waals surface area contributed by atoms with Crippen molar-refractivity contribution < 1.29 is 12.8 Å². The highest BCUT2D eigenvalue weighted by Gasteiger charge is 2.19. The van der Waals surface area contributed by atoms with Gasteiger partial charge in [-0.05, 0) is 57.8 Å². The number of halogens is 1. The Morgan fingerprint density at radius 1 is 1.25 bits per heavy atom. The molecule has 1 atom stereocenters. The minimum atomic E-state index is -3.04. The molecule has 1 aromatic rings. The molecular weight excluding hydrogens is 277 g/mol. The van der Waals surface area contributed by atoms with E-state index in [1.165, 1.54) is 6.07 Å². The maximum atomic E-state index is 13.7. The molecular formula is C15H24FNO2S. The fraction of sp³-hybridized carbons (Fsp3) is 0.600. The van der Waals surface area contributed by atoms with Gasteiger partial charge >= 0.3 is 0 Å². The summed E-state index contributed by atoms with van der Waals surface area (Å²) < 4.78 is 37.4. The Morgan fingerprint density at radius 3 is 2.45 bits per heavy atom. The predicted molar refractivity (Wildman–Crippen MR) is 81.1 cm³/mol. The summed E-state index contributed by atoms with van der Waals surface area (Å²) in [6.07, 6.45) is 1.11. The molecule has 114 valence electrons. The van der Waals surface area contributed by atoms with Crippen LogP contribution in [-0.2, 0) is 16.3 Å². The van der Waals surface area contributed by atoms with Crippen LogP contribution >= 0.6 is 0 Å². The highest BCUT2D eigenvalue weighted by Crippen LogP contribution is 2.17. The Labute approximate surface area is 121 Å². The van der Waals surface area contributed by atoms with Crippen LogP contribution < -0.4 is 5.32 Å². The van der Waals surface area contributed by atoms with E-state index in [4.69, 9.17) is 0 Å². The summed E-state index contributed by atoms with van der Waals surface area (Å²) in [5.41, 5.74) is 0.648. The summed E-state index contributed by atoms with van der Waals surface area (Å²) in [5.74, 6) is 0.0524. The second kappa shape index (κ2) is 7.74. The van der Waals surface area contributed by atoms with Crippen LogP contribution in [-0.4, -0.2) is 33.0 Å².